The van der Waals surface area contributed by atoms with E-state index >= 15 is 0 Å². The fraction of sp³-hybridized carbons (Fsp3) is 0.316. The van der Waals surface area contributed by atoms with Crippen LogP contribution < -0.4 is 10.6 Å². The minimum Gasteiger partial charge on any atom is -0.330 e. The molecule has 0 bridgehead atoms. The van der Waals surface area contributed by atoms with Gasteiger partial charge in [0, 0.05) is 23.7 Å². The van der Waals surface area contributed by atoms with Crippen molar-refractivity contribution in [2.24, 2.45) is 0 Å². The van der Waals surface area contributed by atoms with Crippen LogP contribution in [-0.4, -0.2) is 16.9 Å². The molecule has 0 unspecified atom stereocenters. The number of nitrogens with two attached hydrogens (primary N) is 1. The number of quaternary nitrogens is 1. The van der Waals surface area contributed by atoms with Crippen LogP contribution in [0, 0.1) is 15.9 Å². The molecule has 2 aromatic rings. The molecule has 3 N–H and O–H groups in total. The van der Waals surface area contributed by atoms with Crippen molar-refractivity contribution in [1.82, 2.24) is 0 Å². The van der Waals surface area contributed by atoms with Crippen LogP contribution in [0.25, 0.3) is 0 Å². The standard InChI is InChI=1S/C19H20FN3O3/c1-12(21-17-8-4-6-13-5-2-3-7-15(13)17)19(24)22-14-9-10-16(20)18(11-14)23(25)26/h2-3,5,7,9-12,17,21H,4,6,8H2,1H3,(H,22,24)/p+1/t12-,17+/m0/s1. The summed E-state index contributed by atoms with van der Waals surface area (Å²) in [6.45, 7) is 1.80. The molecule has 0 aromatic heterocycles. The molecular formula is C19H21FN3O3+. The molecule has 1 aliphatic carbocycles. The average Bonchev–Trinajstić information content (AvgIpc) is 2.63. The van der Waals surface area contributed by atoms with Gasteiger partial charge < -0.3 is 10.6 Å². The van der Waals surface area contributed by atoms with Crippen molar-refractivity contribution < 1.29 is 19.4 Å². The van der Waals surface area contributed by atoms with Crippen molar-refractivity contribution in [2.75, 3.05) is 5.32 Å². The van der Waals surface area contributed by atoms with E-state index in [0.29, 0.717) is 0 Å². The normalized spacial score (nSPS) is 17.2. The van der Waals surface area contributed by atoms with Crippen molar-refractivity contribution in [2.45, 2.75) is 38.3 Å². The Balaban J connectivity index is 1.68. The number of aryl methyl sites for hydroxylation is 1. The van der Waals surface area contributed by atoms with Gasteiger partial charge in [-0.3, -0.25) is 14.9 Å². The molecule has 0 saturated heterocycles. The molecular weight excluding hydrogens is 337 g/mol. The van der Waals surface area contributed by atoms with E-state index in [1.165, 1.54) is 17.2 Å². The number of benzene rings is 2. The summed E-state index contributed by atoms with van der Waals surface area (Å²) in [4.78, 5) is 22.5. The van der Waals surface area contributed by atoms with Crippen LogP contribution in [0.3, 0.4) is 0 Å². The molecule has 1 aliphatic rings. The van der Waals surface area contributed by atoms with Crippen molar-refractivity contribution in [3.63, 3.8) is 0 Å². The van der Waals surface area contributed by atoms with Crippen LogP contribution in [0.4, 0.5) is 15.8 Å². The number of rotatable bonds is 5. The summed E-state index contributed by atoms with van der Waals surface area (Å²) < 4.78 is 13.4. The summed E-state index contributed by atoms with van der Waals surface area (Å²) in [6, 6.07) is 11.4. The van der Waals surface area contributed by atoms with Gasteiger partial charge >= 0.3 is 5.69 Å². The summed E-state index contributed by atoms with van der Waals surface area (Å²) in [5, 5.41) is 15.5. The minimum atomic E-state index is -0.925. The van der Waals surface area contributed by atoms with E-state index in [-0.39, 0.29) is 23.7 Å². The molecule has 3 rings (SSSR count). The third-order valence-corrected chi connectivity index (χ3v) is 4.76. The number of hydrogen-bond acceptors (Lipinski definition) is 3. The SMILES string of the molecule is C[C@H]([NH2+][C@@H]1CCCc2ccccc21)C(=O)Nc1ccc(F)c([N+](=O)[O-])c1. The zero-order chi connectivity index (χ0) is 18.7. The van der Waals surface area contributed by atoms with Gasteiger partial charge in [0.2, 0.25) is 5.82 Å². The number of fused-ring (bicyclic) bond motifs is 1. The Bertz CT molecular complexity index is 841. The lowest BCUT2D eigenvalue weighted by Crippen LogP contribution is -2.92. The fourth-order valence-electron chi connectivity index (χ4n) is 3.41. The van der Waals surface area contributed by atoms with Gasteiger partial charge in [-0.15, -0.1) is 0 Å². The smallest absolute Gasteiger partial charge is 0.306 e. The second kappa shape index (κ2) is 7.61. The predicted octanol–water partition coefficient (Wildman–Crippen LogP) is 2.70. The molecule has 0 saturated carbocycles. The second-order valence-corrected chi connectivity index (χ2v) is 6.59. The number of halogens is 1. The number of amides is 1. The van der Waals surface area contributed by atoms with Crippen molar-refractivity contribution in [1.29, 1.82) is 0 Å². The van der Waals surface area contributed by atoms with Crippen LogP contribution >= 0.6 is 0 Å². The first-order valence-corrected chi connectivity index (χ1v) is 8.63. The Hall–Kier alpha value is -2.80. The van der Waals surface area contributed by atoms with E-state index in [4.69, 9.17) is 0 Å². The highest BCUT2D eigenvalue weighted by molar-refractivity contribution is 5.93. The Kier molecular flexibility index (Phi) is 5.27. The Labute approximate surface area is 150 Å². The Morgan fingerprint density at radius 1 is 1.35 bits per heavy atom. The number of nitro benzene ring substituents is 1. The molecule has 6 nitrogen and oxygen atoms in total. The Morgan fingerprint density at radius 2 is 2.12 bits per heavy atom. The lowest BCUT2D eigenvalue weighted by Gasteiger charge is -2.26. The number of carbonyl (C=O) groups is 1. The summed E-state index contributed by atoms with van der Waals surface area (Å²) in [5.41, 5.74) is 2.14. The maximum atomic E-state index is 13.4. The second-order valence-electron chi connectivity index (χ2n) is 6.59. The van der Waals surface area contributed by atoms with Gasteiger partial charge in [0.15, 0.2) is 6.04 Å². The van der Waals surface area contributed by atoms with Gasteiger partial charge in [-0.25, -0.2) is 0 Å². The van der Waals surface area contributed by atoms with E-state index < -0.39 is 16.4 Å². The van der Waals surface area contributed by atoms with Gasteiger partial charge in [-0.2, -0.15) is 4.39 Å². The maximum absolute atomic E-state index is 13.4. The summed E-state index contributed by atoms with van der Waals surface area (Å²) in [5.74, 6) is -1.19. The molecule has 0 heterocycles. The van der Waals surface area contributed by atoms with Crippen LogP contribution in [0.1, 0.15) is 36.9 Å². The first kappa shape index (κ1) is 18.0. The molecule has 0 fully saturated rings. The van der Waals surface area contributed by atoms with Gasteiger partial charge in [0.05, 0.1) is 4.92 Å². The topological polar surface area (TPSA) is 88.8 Å². The van der Waals surface area contributed by atoms with Gasteiger partial charge in [0.1, 0.15) is 6.04 Å². The van der Waals surface area contributed by atoms with E-state index in [1.807, 2.05) is 17.4 Å². The lowest BCUT2D eigenvalue weighted by molar-refractivity contribution is -0.714. The van der Waals surface area contributed by atoms with Gasteiger partial charge in [-0.1, -0.05) is 24.3 Å². The van der Waals surface area contributed by atoms with Crippen LogP contribution in [-0.2, 0) is 11.2 Å². The molecule has 0 radical (unpaired) electrons. The first-order chi connectivity index (χ1) is 12.5. The molecule has 136 valence electrons. The highest BCUT2D eigenvalue weighted by atomic mass is 19.1. The van der Waals surface area contributed by atoms with Crippen LogP contribution in [0.15, 0.2) is 42.5 Å². The molecule has 26 heavy (non-hydrogen) atoms. The predicted molar refractivity (Wildman–Crippen MR) is 95.2 cm³/mol. The molecule has 7 heteroatoms. The molecule has 0 spiro atoms. The number of carbonyl (C=O) groups excluding carboxylic acids is 1. The number of nitro groups is 1. The third-order valence-electron chi connectivity index (χ3n) is 4.76. The molecule has 2 atom stereocenters. The quantitative estimate of drug-likeness (QED) is 0.636. The fourth-order valence-corrected chi connectivity index (χ4v) is 3.41. The Morgan fingerprint density at radius 3 is 2.88 bits per heavy atom. The number of anilines is 1. The third kappa shape index (κ3) is 3.88. The minimum absolute atomic E-state index is 0.211. The number of nitrogens with zero attached hydrogens (tertiary/aromatic N) is 1. The van der Waals surface area contributed by atoms with E-state index in [0.717, 1.165) is 31.4 Å². The van der Waals surface area contributed by atoms with Gasteiger partial charge in [-0.05, 0) is 37.5 Å². The molecule has 1 amide bonds. The zero-order valence-corrected chi connectivity index (χ0v) is 14.4. The van der Waals surface area contributed by atoms with E-state index in [1.54, 1.807) is 6.92 Å². The monoisotopic (exact) mass is 358 g/mol. The summed E-state index contributed by atoms with van der Waals surface area (Å²) >= 11 is 0. The first-order valence-electron chi connectivity index (χ1n) is 8.63. The highest BCUT2D eigenvalue weighted by Gasteiger charge is 2.27. The van der Waals surface area contributed by atoms with E-state index in [9.17, 15) is 19.3 Å². The molecule has 0 aliphatic heterocycles. The number of hydrogen-bond donors (Lipinski definition) is 2. The van der Waals surface area contributed by atoms with Crippen molar-refractivity contribution >= 4 is 17.3 Å². The van der Waals surface area contributed by atoms with Crippen molar-refractivity contribution in [3.05, 3.63) is 69.5 Å². The van der Waals surface area contributed by atoms with E-state index in [2.05, 4.69) is 17.4 Å². The van der Waals surface area contributed by atoms with Crippen molar-refractivity contribution in [3.8, 4) is 0 Å². The summed E-state index contributed by atoms with van der Waals surface area (Å²) in [7, 11) is 0. The van der Waals surface area contributed by atoms with Gasteiger partial charge in [0.25, 0.3) is 5.91 Å². The maximum Gasteiger partial charge on any atom is 0.306 e. The van der Waals surface area contributed by atoms with Crippen LogP contribution in [0.5, 0.6) is 0 Å². The largest absolute Gasteiger partial charge is 0.330 e. The summed E-state index contributed by atoms with van der Waals surface area (Å²) in [6.07, 6.45) is 3.13. The van der Waals surface area contributed by atoms with Crippen LogP contribution in [0.2, 0.25) is 0 Å². The zero-order valence-electron chi connectivity index (χ0n) is 14.4. The highest BCUT2D eigenvalue weighted by Crippen LogP contribution is 2.27. The lowest BCUT2D eigenvalue weighted by atomic mass is 9.87. The number of nitrogens with one attached hydrogen (secondary N) is 1. The molecule has 2 aromatic carbocycles. The average molecular weight is 358 g/mol.